The Morgan fingerprint density at radius 1 is 0.717 bits per heavy atom. The van der Waals surface area contributed by atoms with E-state index >= 15 is 0 Å². The molecular weight excluding hydrogens is 657 g/mol. The molecule has 4 saturated carbocycles. The second kappa shape index (κ2) is 20.7. The van der Waals surface area contributed by atoms with Crippen molar-refractivity contribution in [2.75, 3.05) is 53.5 Å². The van der Waals surface area contributed by atoms with Gasteiger partial charge < -0.3 is 35.8 Å². The van der Waals surface area contributed by atoms with Crippen LogP contribution in [0.25, 0.3) is 0 Å². The summed E-state index contributed by atoms with van der Waals surface area (Å²) in [6.45, 7) is 19.9. The van der Waals surface area contributed by atoms with E-state index in [1.807, 2.05) is 12.1 Å². The molecule has 304 valence electrons. The molecule has 0 bridgehead atoms. The SMILES string of the molecule is COc1ccc(CNCCCNCCCCNCCCN[C@H]2CC[C@@]3(C)C(C2)C[C@H](O)C2C3CC[C@@]3(C)C2CCC3[C@@H](C)CCCC(C)C)cc1OC. The molecule has 7 heteroatoms. The maximum absolute atomic E-state index is 11.9. The Balaban J connectivity index is 0.897. The van der Waals surface area contributed by atoms with Crippen LogP contribution in [0.15, 0.2) is 18.2 Å². The lowest BCUT2D eigenvalue weighted by Gasteiger charge is -2.62. The van der Waals surface area contributed by atoms with Crippen molar-refractivity contribution in [1.82, 2.24) is 21.3 Å². The van der Waals surface area contributed by atoms with E-state index in [-0.39, 0.29) is 6.10 Å². The highest BCUT2D eigenvalue weighted by Gasteiger charge is 2.62. The van der Waals surface area contributed by atoms with Crippen molar-refractivity contribution in [1.29, 1.82) is 0 Å². The Bertz CT molecular complexity index is 1210. The zero-order valence-electron chi connectivity index (χ0n) is 35.2. The summed E-state index contributed by atoms with van der Waals surface area (Å²) in [5, 5.41) is 26.6. The Kier molecular flexibility index (Phi) is 16.7. The van der Waals surface area contributed by atoms with Gasteiger partial charge in [0.15, 0.2) is 11.5 Å². The summed E-state index contributed by atoms with van der Waals surface area (Å²) in [7, 11) is 3.35. The van der Waals surface area contributed by atoms with Crippen molar-refractivity contribution in [3.8, 4) is 11.5 Å². The lowest BCUT2D eigenvalue weighted by Crippen LogP contribution is -2.59. The first-order valence-electron chi connectivity index (χ1n) is 22.3. The predicted octanol–water partition coefficient (Wildman–Crippen LogP) is 8.58. The number of hydrogen-bond donors (Lipinski definition) is 5. The van der Waals surface area contributed by atoms with Gasteiger partial charge in [-0.25, -0.2) is 0 Å². The molecule has 7 nitrogen and oxygen atoms in total. The van der Waals surface area contributed by atoms with Crippen LogP contribution in [-0.4, -0.2) is 70.7 Å². The van der Waals surface area contributed by atoms with Gasteiger partial charge in [0.2, 0.25) is 0 Å². The van der Waals surface area contributed by atoms with Gasteiger partial charge in [0.1, 0.15) is 0 Å². The summed E-state index contributed by atoms with van der Waals surface area (Å²) in [5.74, 6) is 6.74. The molecule has 0 radical (unpaired) electrons. The van der Waals surface area contributed by atoms with E-state index < -0.39 is 0 Å². The Labute approximate surface area is 325 Å². The fourth-order valence-corrected chi connectivity index (χ4v) is 12.3. The van der Waals surface area contributed by atoms with Crippen LogP contribution in [0.1, 0.15) is 136 Å². The Morgan fingerprint density at radius 2 is 1.38 bits per heavy atom. The van der Waals surface area contributed by atoms with Crippen molar-refractivity contribution >= 4 is 0 Å². The number of aliphatic hydroxyl groups is 1. The first kappa shape index (κ1) is 42.8. The van der Waals surface area contributed by atoms with Gasteiger partial charge in [-0.05, 0) is 186 Å². The maximum atomic E-state index is 11.9. The second-order valence-electron chi connectivity index (χ2n) is 19.0. The van der Waals surface area contributed by atoms with Gasteiger partial charge in [0, 0.05) is 12.6 Å². The summed E-state index contributed by atoms with van der Waals surface area (Å²) in [6.07, 6.45) is 19.3. The standard InChI is InChI=1S/C46H82N4O3/c1-33(2)13-10-14-34(3)38-16-17-39-44-40(20-22-46(38,39)5)45(4)21-19-37(30-36(45)31-41(44)51)50-28-12-26-48-24-9-8-23-47-25-11-27-49-32-35-15-18-42(52-6)43(29-35)53-7/h15,18,29,33-34,36-41,44,47-51H,8-14,16-17,19-28,30-32H2,1-7H3/t34-,36?,37-,38?,39?,40?,41-,44?,45-,46+/m0/s1. The van der Waals surface area contributed by atoms with Crippen molar-refractivity contribution in [3.05, 3.63) is 23.8 Å². The number of ether oxygens (including phenoxy) is 2. The van der Waals surface area contributed by atoms with E-state index in [1.165, 1.54) is 89.0 Å². The molecule has 5 N–H and O–H groups in total. The molecule has 4 aliphatic carbocycles. The summed E-state index contributed by atoms with van der Waals surface area (Å²) >= 11 is 0. The maximum Gasteiger partial charge on any atom is 0.161 e. The number of benzene rings is 1. The molecule has 0 aromatic heterocycles. The molecule has 0 heterocycles. The fraction of sp³-hybridized carbons (Fsp3) is 0.870. The highest BCUT2D eigenvalue weighted by atomic mass is 16.5. The molecule has 1 aromatic carbocycles. The number of rotatable bonds is 23. The minimum absolute atomic E-state index is 0.0888. The highest BCUT2D eigenvalue weighted by Crippen LogP contribution is 2.68. The third kappa shape index (κ3) is 10.9. The average molecular weight is 739 g/mol. The molecular formula is C46H82N4O3. The summed E-state index contributed by atoms with van der Waals surface area (Å²) in [6, 6.07) is 6.72. The van der Waals surface area contributed by atoms with Crippen molar-refractivity contribution in [2.45, 2.75) is 150 Å². The quantitative estimate of drug-likeness (QED) is 0.0720. The van der Waals surface area contributed by atoms with Crippen LogP contribution in [0, 0.1) is 52.3 Å². The van der Waals surface area contributed by atoms with E-state index in [0.29, 0.717) is 28.7 Å². The fourth-order valence-electron chi connectivity index (χ4n) is 12.3. The molecule has 0 spiro atoms. The van der Waals surface area contributed by atoms with E-state index in [1.54, 1.807) is 14.2 Å². The van der Waals surface area contributed by atoms with Gasteiger partial charge in [-0.3, -0.25) is 0 Å². The number of hydrogen-bond acceptors (Lipinski definition) is 7. The molecule has 10 atom stereocenters. The van der Waals surface area contributed by atoms with Crippen molar-refractivity contribution < 1.29 is 14.6 Å². The van der Waals surface area contributed by atoms with Crippen LogP contribution in [-0.2, 0) is 6.54 Å². The van der Waals surface area contributed by atoms with Gasteiger partial charge in [-0.2, -0.15) is 0 Å². The molecule has 5 rings (SSSR count). The largest absolute Gasteiger partial charge is 0.493 e. The molecule has 4 aliphatic rings. The number of methoxy groups -OCH3 is 2. The van der Waals surface area contributed by atoms with E-state index in [9.17, 15) is 5.11 Å². The van der Waals surface area contributed by atoms with Gasteiger partial charge in [-0.1, -0.05) is 59.9 Å². The third-order valence-electron chi connectivity index (χ3n) is 15.3. The summed E-state index contributed by atoms with van der Waals surface area (Å²) in [5.41, 5.74) is 2.07. The van der Waals surface area contributed by atoms with Crippen LogP contribution in [0.2, 0.25) is 0 Å². The number of aliphatic hydroxyl groups excluding tert-OH is 1. The van der Waals surface area contributed by atoms with E-state index in [0.717, 1.165) is 99.7 Å². The van der Waals surface area contributed by atoms with Crippen LogP contribution >= 0.6 is 0 Å². The summed E-state index contributed by atoms with van der Waals surface area (Å²) < 4.78 is 10.7. The number of nitrogens with one attached hydrogen (secondary N) is 4. The lowest BCUT2D eigenvalue weighted by molar-refractivity contribution is -0.167. The normalized spacial score (nSPS) is 33.0. The molecule has 0 saturated heterocycles. The van der Waals surface area contributed by atoms with Gasteiger partial charge in [0.05, 0.1) is 20.3 Å². The average Bonchev–Trinajstić information content (AvgIpc) is 3.50. The van der Waals surface area contributed by atoms with Crippen LogP contribution in [0.3, 0.4) is 0 Å². The number of fused-ring (bicyclic) bond motifs is 5. The van der Waals surface area contributed by atoms with Crippen molar-refractivity contribution in [2.24, 2.45) is 52.3 Å². The van der Waals surface area contributed by atoms with Gasteiger partial charge >= 0.3 is 0 Å². The summed E-state index contributed by atoms with van der Waals surface area (Å²) in [4.78, 5) is 0. The second-order valence-corrected chi connectivity index (χ2v) is 19.0. The predicted molar refractivity (Wildman–Crippen MR) is 222 cm³/mol. The Morgan fingerprint density at radius 3 is 2.09 bits per heavy atom. The smallest absolute Gasteiger partial charge is 0.161 e. The third-order valence-corrected chi connectivity index (χ3v) is 15.3. The lowest BCUT2D eigenvalue weighted by atomic mass is 9.43. The van der Waals surface area contributed by atoms with Crippen LogP contribution in [0.5, 0.6) is 11.5 Å². The van der Waals surface area contributed by atoms with Gasteiger partial charge in [-0.15, -0.1) is 0 Å². The zero-order chi connectivity index (χ0) is 37.8. The molecule has 53 heavy (non-hydrogen) atoms. The van der Waals surface area contributed by atoms with E-state index in [4.69, 9.17) is 9.47 Å². The van der Waals surface area contributed by atoms with Crippen LogP contribution < -0.4 is 30.7 Å². The monoisotopic (exact) mass is 739 g/mol. The minimum Gasteiger partial charge on any atom is -0.493 e. The zero-order valence-corrected chi connectivity index (χ0v) is 35.2. The first-order valence-corrected chi connectivity index (χ1v) is 22.3. The van der Waals surface area contributed by atoms with Crippen LogP contribution in [0.4, 0.5) is 0 Å². The van der Waals surface area contributed by atoms with Crippen molar-refractivity contribution in [3.63, 3.8) is 0 Å². The number of unbranched alkanes of at least 4 members (excludes halogenated alkanes) is 1. The first-order chi connectivity index (χ1) is 25.6. The molecule has 5 unspecified atom stereocenters. The van der Waals surface area contributed by atoms with E-state index in [2.05, 4.69) is 62.0 Å². The van der Waals surface area contributed by atoms with Gasteiger partial charge in [0.25, 0.3) is 0 Å². The molecule has 4 fully saturated rings. The Hall–Kier alpha value is -1.38. The highest BCUT2D eigenvalue weighted by molar-refractivity contribution is 5.42. The topological polar surface area (TPSA) is 86.8 Å². The minimum atomic E-state index is -0.0888. The molecule has 0 aliphatic heterocycles. The molecule has 1 aromatic rings. The molecule has 0 amide bonds.